The van der Waals surface area contributed by atoms with Crippen molar-refractivity contribution in [2.24, 2.45) is 7.05 Å². The van der Waals surface area contributed by atoms with Gasteiger partial charge in [0.15, 0.2) is 0 Å². The van der Waals surface area contributed by atoms with Gasteiger partial charge in [0, 0.05) is 38.6 Å². The standard InChI is InChI=1S/C17H20FN3O3/c1-3-24-17(23)21-9-7-20(8-10-21)16(22)15-11-12-13(18)5-4-6-14(12)19(15)2/h4-6,11H,3,7-10H2,1-2H3. The van der Waals surface area contributed by atoms with Crippen LogP contribution in [0.25, 0.3) is 10.9 Å². The molecule has 2 amide bonds. The number of ether oxygens (including phenoxy) is 1. The molecule has 0 N–H and O–H groups in total. The van der Waals surface area contributed by atoms with Crippen LogP contribution in [-0.4, -0.2) is 59.2 Å². The molecule has 24 heavy (non-hydrogen) atoms. The zero-order valence-electron chi connectivity index (χ0n) is 13.8. The Morgan fingerprint density at radius 2 is 1.83 bits per heavy atom. The summed E-state index contributed by atoms with van der Waals surface area (Å²) in [5.74, 6) is -0.495. The second-order valence-electron chi connectivity index (χ2n) is 5.74. The Morgan fingerprint density at radius 1 is 1.17 bits per heavy atom. The van der Waals surface area contributed by atoms with Crippen molar-refractivity contribution in [1.82, 2.24) is 14.4 Å². The first-order valence-electron chi connectivity index (χ1n) is 7.98. The van der Waals surface area contributed by atoms with E-state index in [1.165, 1.54) is 6.07 Å². The minimum absolute atomic E-state index is 0.156. The van der Waals surface area contributed by atoms with Crippen molar-refractivity contribution in [2.75, 3.05) is 32.8 Å². The SMILES string of the molecule is CCOC(=O)N1CCN(C(=O)c2cc3c(F)cccc3n2C)CC1. The number of rotatable bonds is 2. The smallest absolute Gasteiger partial charge is 0.409 e. The van der Waals surface area contributed by atoms with Crippen LogP contribution in [0, 0.1) is 5.82 Å². The number of aryl methyl sites for hydroxylation is 1. The number of hydrogen-bond donors (Lipinski definition) is 0. The van der Waals surface area contributed by atoms with Crippen molar-refractivity contribution in [3.63, 3.8) is 0 Å². The molecule has 6 nitrogen and oxygen atoms in total. The number of carbonyl (C=O) groups is 2. The summed E-state index contributed by atoms with van der Waals surface area (Å²) in [5.41, 5.74) is 1.13. The van der Waals surface area contributed by atoms with Crippen molar-refractivity contribution < 1.29 is 18.7 Å². The Bertz CT molecular complexity index is 779. The largest absolute Gasteiger partial charge is 0.450 e. The zero-order chi connectivity index (χ0) is 17.3. The number of hydrogen-bond acceptors (Lipinski definition) is 3. The number of amides is 2. The maximum absolute atomic E-state index is 13.9. The van der Waals surface area contributed by atoms with Gasteiger partial charge in [0.1, 0.15) is 11.5 Å². The zero-order valence-corrected chi connectivity index (χ0v) is 13.8. The van der Waals surface area contributed by atoms with Crippen LogP contribution in [-0.2, 0) is 11.8 Å². The molecule has 0 spiro atoms. The molecule has 1 saturated heterocycles. The van der Waals surface area contributed by atoms with E-state index in [2.05, 4.69) is 0 Å². The van der Waals surface area contributed by atoms with Gasteiger partial charge in [-0.15, -0.1) is 0 Å². The highest BCUT2D eigenvalue weighted by molar-refractivity contribution is 5.99. The van der Waals surface area contributed by atoms with E-state index < -0.39 is 0 Å². The molecule has 0 saturated carbocycles. The summed E-state index contributed by atoms with van der Waals surface area (Å²) >= 11 is 0. The molecule has 0 radical (unpaired) electrons. The molecule has 1 aliphatic heterocycles. The van der Waals surface area contributed by atoms with Gasteiger partial charge < -0.3 is 19.1 Å². The third-order valence-corrected chi connectivity index (χ3v) is 4.35. The van der Waals surface area contributed by atoms with E-state index in [1.54, 1.807) is 46.5 Å². The van der Waals surface area contributed by atoms with Crippen molar-refractivity contribution >= 4 is 22.9 Å². The number of fused-ring (bicyclic) bond motifs is 1. The molecule has 0 aliphatic carbocycles. The maximum Gasteiger partial charge on any atom is 0.409 e. The van der Waals surface area contributed by atoms with E-state index in [4.69, 9.17) is 4.74 Å². The van der Waals surface area contributed by atoms with Gasteiger partial charge in [0.2, 0.25) is 0 Å². The van der Waals surface area contributed by atoms with Crippen LogP contribution in [0.5, 0.6) is 0 Å². The van der Waals surface area contributed by atoms with Gasteiger partial charge in [-0.05, 0) is 25.1 Å². The van der Waals surface area contributed by atoms with Gasteiger partial charge in [-0.3, -0.25) is 4.79 Å². The summed E-state index contributed by atoms with van der Waals surface area (Å²) in [5, 5.41) is 0.438. The molecule has 1 fully saturated rings. The van der Waals surface area contributed by atoms with Crippen LogP contribution in [0.3, 0.4) is 0 Å². The first-order chi connectivity index (χ1) is 11.5. The van der Waals surface area contributed by atoms with Gasteiger partial charge in [-0.25, -0.2) is 9.18 Å². The van der Waals surface area contributed by atoms with Gasteiger partial charge in [-0.2, -0.15) is 0 Å². The molecular formula is C17H20FN3O3. The van der Waals surface area contributed by atoms with Crippen LogP contribution in [0.2, 0.25) is 0 Å². The van der Waals surface area contributed by atoms with Crippen LogP contribution in [0.4, 0.5) is 9.18 Å². The highest BCUT2D eigenvalue weighted by Crippen LogP contribution is 2.23. The minimum atomic E-state index is -0.351. The van der Waals surface area contributed by atoms with Gasteiger partial charge in [-0.1, -0.05) is 6.07 Å². The molecule has 0 bridgehead atoms. The number of halogens is 1. The fourth-order valence-electron chi connectivity index (χ4n) is 3.00. The highest BCUT2D eigenvalue weighted by Gasteiger charge is 2.27. The number of nitrogens with zero attached hydrogens (tertiary/aromatic N) is 3. The molecule has 2 heterocycles. The van der Waals surface area contributed by atoms with Crippen LogP contribution < -0.4 is 0 Å². The quantitative estimate of drug-likeness (QED) is 0.847. The summed E-state index contributed by atoms with van der Waals surface area (Å²) in [7, 11) is 1.75. The Morgan fingerprint density at radius 3 is 2.46 bits per heavy atom. The van der Waals surface area contributed by atoms with Crippen molar-refractivity contribution in [3.05, 3.63) is 35.8 Å². The molecule has 128 valence electrons. The number of piperazine rings is 1. The molecular weight excluding hydrogens is 313 g/mol. The summed E-state index contributed by atoms with van der Waals surface area (Å²) in [6.07, 6.45) is -0.351. The van der Waals surface area contributed by atoms with Gasteiger partial charge in [0.05, 0.1) is 12.1 Å². The molecule has 3 rings (SSSR count). The Kier molecular flexibility index (Phi) is 4.42. The number of benzene rings is 1. The molecule has 7 heteroatoms. The van der Waals surface area contributed by atoms with E-state index in [-0.39, 0.29) is 17.8 Å². The molecule has 1 aromatic carbocycles. The predicted molar refractivity (Wildman–Crippen MR) is 87.4 cm³/mol. The number of carbonyl (C=O) groups excluding carboxylic acids is 2. The third-order valence-electron chi connectivity index (χ3n) is 4.35. The molecule has 0 unspecified atom stereocenters. The first kappa shape index (κ1) is 16.3. The Balaban J connectivity index is 1.75. The van der Waals surface area contributed by atoms with Crippen LogP contribution >= 0.6 is 0 Å². The fourth-order valence-corrected chi connectivity index (χ4v) is 3.00. The molecule has 1 aliphatic rings. The average Bonchev–Trinajstić information content (AvgIpc) is 2.93. The van der Waals surface area contributed by atoms with E-state index in [0.717, 1.165) is 0 Å². The van der Waals surface area contributed by atoms with E-state index in [9.17, 15) is 14.0 Å². The monoisotopic (exact) mass is 333 g/mol. The lowest BCUT2D eigenvalue weighted by Gasteiger charge is -2.34. The van der Waals surface area contributed by atoms with E-state index in [0.29, 0.717) is 49.4 Å². The molecule has 1 aromatic heterocycles. The molecule has 2 aromatic rings. The Labute approximate surface area is 139 Å². The van der Waals surface area contributed by atoms with E-state index >= 15 is 0 Å². The third kappa shape index (κ3) is 2.81. The lowest BCUT2D eigenvalue weighted by atomic mass is 10.2. The lowest BCUT2D eigenvalue weighted by molar-refractivity contribution is 0.0563. The number of aromatic nitrogens is 1. The van der Waals surface area contributed by atoms with Gasteiger partial charge >= 0.3 is 6.09 Å². The first-order valence-corrected chi connectivity index (χ1v) is 7.98. The summed E-state index contributed by atoms with van der Waals surface area (Å²) in [4.78, 5) is 27.7. The minimum Gasteiger partial charge on any atom is -0.450 e. The second-order valence-corrected chi connectivity index (χ2v) is 5.74. The van der Waals surface area contributed by atoms with Crippen LogP contribution in [0.15, 0.2) is 24.3 Å². The summed E-state index contributed by atoms with van der Waals surface area (Å²) < 4.78 is 20.6. The Hall–Kier alpha value is -2.57. The second kappa shape index (κ2) is 6.51. The molecule has 0 atom stereocenters. The normalized spacial score (nSPS) is 15.0. The highest BCUT2D eigenvalue weighted by atomic mass is 19.1. The average molecular weight is 333 g/mol. The fraction of sp³-hybridized carbons (Fsp3) is 0.412. The van der Waals surface area contributed by atoms with Crippen molar-refractivity contribution in [3.8, 4) is 0 Å². The van der Waals surface area contributed by atoms with Crippen molar-refractivity contribution in [2.45, 2.75) is 6.92 Å². The lowest BCUT2D eigenvalue weighted by Crippen LogP contribution is -2.51. The summed E-state index contributed by atoms with van der Waals surface area (Å²) in [6.45, 7) is 3.82. The van der Waals surface area contributed by atoms with E-state index in [1.807, 2.05) is 0 Å². The van der Waals surface area contributed by atoms with Crippen LogP contribution in [0.1, 0.15) is 17.4 Å². The van der Waals surface area contributed by atoms with Gasteiger partial charge in [0.25, 0.3) is 5.91 Å². The topological polar surface area (TPSA) is 54.8 Å². The maximum atomic E-state index is 13.9. The van der Waals surface area contributed by atoms with Crippen molar-refractivity contribution in [1.29, 1.82) is 0 Å². The predicted octanol–water partition coefficient (Wildman–Crippen LogP) is 2.23. The summed E-state index contributed by atoms with van der Waals surface area (Å²) in [6, 6.07) is 6.39.